The molecule has 49 heavy (non-hydrogen) atoms. The van der Waals surface area contributed by atoms with Crippen LogP contribution in [0.5, 0.6) is 0 Å². The van der Waals surface area contributed by atoms with Gasteiger partial charge in [0.05, 0.1) is 25.4 Å². The Morgan fingerprint density at radius 2 is 1.29 bits per heavy atom. The first-order valence-corrected chi connectivity index (χ1v) is 18.7. The van der Waals surface area contributed by atoms with Crippen molar-refractivity contribution in [3.63, 3.8) is 0 Å². The lowest BCUT2D eigenvalue weighted by molar-refractivity contribution is -0.302. The van der Waals surface area contributed by atoms with E-state index in [9.17, 15) is 30.3 Å². The molecule has 0 radical (unpaired) electrons. The van der Waals surface area contributed by atoms with Gasteiger partial charge in [0.2, 0.25) is 5.91 Å². The van der Waals surface area contributed by atoms with E-state index in [-0.39, 0.29) is 12.5 Å². The minimum absolute atomic E-state index is 0.211. The van der Waals surface area contributed by atoms with Crippen molar-refractivity contribution in [1.29, 1.82) is 0 Å². The normalized spacial score (nSPS) is 23.3. The van der Waals surface area contributed by atoms with Crippen molar-refractivity contribution in [3.8, 4) is 0 Å². The molecule has 0 aromatic rings. The Morgan fingerprint density at radius 3 is 1.94 bits per heavy atom. The molecule has 0 saturated carbocycles. The molecule has 0 aromatic heterocycles. The van der Waals surface area contributed by atoms with Gasteiger partial charge in [0.25, 0.3) is 0 Å². The van der Waals surface area contributed by atoms with E-state index in [0.717, 1.165) is 96.3 Å². The maximum Gasteiger partial charge on any atom is 0.220 e. The molecular weight excluding hydrogens is 622 g/mol. The second-order valence-corrected chi connectivity index (χ2v) is 12.6. The maximum absolute atomic E-state index is 12.8. The van der Waals surface area contributed by atoms with Crippen LogP contribution < -0.4 is 5.32 Å². The molecule has 9 nitrogen and oxygen atoms in total. The molecule has 0 aliphatic carbocycles. The van der Waals surface area contributed by atoms with E-state index < -0.39 is 49.5 Å². The molecule has 1 aliphatic rings. The predicted molar refractivity (Wildman–Crippen MR) is 198 cm³/mol. The number of allylic oxidation sites excluding steroid dienone is 11. The average Bonchev–Trinajstić information content (AvgIpc) is 3.10. The summed E-state index contributed by atoms with van der Waals surface area (Å²) in [6, 6.07) is -0.829. The van der Waals surface area contributed by atoms with Crippen LogP contribution in [0.2, 0.25) is 0 Å². The van der Waals surface area contributed by atoms with Gasteiger partial charge in [-0.25, -0.2) is 0 Å². The van der Waals surface area contributed by atoms with Crippen LogP contribution in [0.25, 0.3) is 0 Å². The Kier molecular flexibility index (Phi) is 27.8. The zero-order valence-electron chi connectivity index (χ0n) is 30.2. The third kappa shape index (κ3) is 22.1. The maximum atomic E-state index is 12.8. The van der Waals surface area contributed by atoms with Crippen LogP contribution in [-0.2, 0) is 14.3 Å². The van der Waals surface area contributed by atoms with Gasteiger partial charge in [-0.1, -0.05) is 119 Å². The Hall–Kier alpha value is -2.37. The molecule has 7 atom stereocenters. The van der Waals surface area contributed by atoms with Crippen molar-refractivity contribution in [2.75, 3.05) is 13.2 Å². The molecule has 1 saturated heterocycles. The van der Waals surface area contributed by atoms with Crippen molar-refractivity contribution in [1.82, 2.24) is 5.32 Å². The highest BCUT2D eigenvalue weighted by Gasteiger charge is 2.44. The number of carbonyl (C=O) groups is 1. The second-order valence-electron chi connectivity index (χ2n) is 12.6. The number of unbranched alkanes of at least 4 members (excludes halogenated alkanes) is 8. The Bertz CT molecular complexity index is 989. The van der Waals surface area contributed by atoms with Crippen molar-refractivity contribution < 1.29 is 39.8 Å². The third-order valence-electron chi connectivity index (χ3n) is 8.25. The second kappa shape index (κ2) is 30.5. The summed E-state index contributed by atoms with van der Waals surface area (Å²) in [7, 11) is 0. The SMILES string of the molecule is CC/C=C\C/C=C\C/C=C\C/C=C\CCCCCCCCC(=O)NC(COC1OC(CO)C(O)C(O)C1O)C(O)/C=C/CC/C=C/CCC. The van der Waals surface area contributed by atoms with Gasteiger partial charge in [0, 0.05) is 6.42 Å². The lowest BCUT2D eigenvalue weighted by atomic mass is 9.99. The van der Waals surface area contributed by atoms with Crippen LogP contribution in [0, 0.1) is 0 Å². The predicted octanol–water partition coefficient (Wildman–Crippen LogP) is 6.27. The number of hydrogen-bond acceptors (Lipinski definition) is 8. The summed E-state index contributed by atoms with van der Waals surface area (Å²) < 4.78 is 11.1. The standard InChI is InChI=1S/C40H67NO8/c1-3-5-7-9-11-12-13-14-15-16-17-18-19-20-21-22-24-26-28-30-36(44)41-33(34(43)29-27-25-23-10-8-6-4-2)32-48-40-39(47)38(46)37(45)35(31-42)49-40/h5,7-8,10-12,14-15,17-18,27,29,33-35,37-40,42-43,45-47H,3-4,6,9,13,16,19-26,28,30-32H2,1-2H3,(H,41,44)/b7-5-,10-8+,12-11-,15-14-,18-17-,29-27+. The van der Waals surface area contributed by atoms with Crippen LogP contribution in [0.4, 0.5) is 0 Å². The number of nitrogens with one attached hydrogen (secondary N) is 1. The van der Waals surface area contributed by atoms with Crippen molar-refractivity contribution >= 4 is 5.91 Å². The highest BCUT2D eigenvalue weighted by Crippen LogP contribution is 2.22. The first kappa shape index (κ1) is 44.7. The van der Waals surface area contributed by atoms with Gasteiger partial charge in [0.1, 0.15) is 24.4 Å². The fourth-order valence-corrected chi connectivity index (χ4v) is 5.23. The van der Waals surface area contributed by atoms with Crippen molar-refractivity contribution in [3.05, 3.63) is 72.9 Å². The summed E-state index contributed by atoms with van der Waals surface area (Å²) in [6.07, 6.45) is 32.6. The molecule has 6 N–H and O–H groups in total. The number of hydrogen-bond donors (Lipinski definition) is 6. The molecular formula is C40H67NO8. The van der Waals surface area contributed by atoms with E-state index in [0.29, 0.717) is 6.42 Å². The number of carbonyl (C=O) groups excluding carboxylic acids is 1. The van der Waals surface area contributed by atoms with Crippen molar-refractivity contribution in [2.24, 2.45) is 0 Å². The number of aliphatic hydroxyl groups is 5. The smallest absolute Gasteiger partial charge is 0.220 e. The van der Waals surface area contributed by atoms with E-state index in [1.807, 2.05) is 6.08 Å². The van der Waals surface area contributed by atoms with Crippen LogP contribution in [0.15, 0.2) is 72.9 Å². The van der Waals surface area contributed by atoms with Gasteiger partial charge in [-0.3, -0.25) is 4.79 Å². The van der Waals surface area contributed by atoms with E-state index in [1.165, 1.54) is 0 Å². The molecule has 1 rings (SSSR count). The Balaban J connectivity index is 2.39. The van der Waals surface area contributed by atoms with E-state index in [4.69, 9.17) is 9.47 Å². The van der Waals surface area contributed by atoms with Crippen LogP contribution in [-0.4, -0.2) is 87.5 Å². The highest BCUT2D eigenvalue weighted by molar-refractivity contribution is 5.76. The van der Waals surface area contributed by atoms with Gasteiger partial charge >= 0.3 is 0 Å². The lowest BCUT2D eigenvalue weighted by Gasteiger charge is -2.40. The fourth-order valence-electron chi connectivity index (χ4n) is 5.23. The largest absolute Gasteiger partial charge is 0.394 e. The lowest BCUT2D eigenvalue weighted by Crippen LogP contribution is -2.60. The van der Waals surface area contributed by atoms with Gasteiger partial charge < -0.3 is 40.3 Å². The molecule has 1 heterocycles. The summed E-state index contributed by atoms with van der Waals surface area (Å²) in [6.45, 7) is 3.48. The fraction of sp³-hybridized carbons (Fsp3) is 0.675. The van der Waals surface area contributed by atoms with Gasteiger partial charge in [-0.2, -0.15) is 0 Å². The summed E-state index contributed by atoms with van der Waals surface area (Å²) in [5.74, 6) is -0.211. The van der Waals surface area contributed by atoms with Gasteiger partial charge in [-0.15, -0.1) is 0 Å². The molecule has 0 bridgehead atoms. The molecule has 1 fully saturated rings. The highest BCUT2D eigenvalue weighted by atomic mass is 16.7. The van der Waals surface area contributed by atoms with Crippen molar-refractivity contribution in [2.45, 2.75) is 159 Å². The molecule has 280 valence electrons. The zero-order chi connectivity index (χ0) is 36.0. The van der Waals surface area contributed by atoms with Crippen LogP contribution in [0.3, 0.4) is 0 Å². The number of rotatable bonds is 28. The Labute approximate surface area is 296 Å². The summed E-state index contributed by atoms with van der Waals surface area (Å²) in [5, 5.41) is 53.6. The topological polar surface area (TPSA) is 149 Å². The number of aliphatic hydroxyl groups excluding tert-OH is 5. The van der Waals surface area contributed by atoms with E-state index in [2.05, 4.69) is 79.9 Å². The van der Waals surface area contributed by atoms with Gasteiger partial charge in [0.15, 0.2) is 6.29 Å². The summed E-state index contributed by atoms with van der Waals surface area (Å²) in [4.78, 5) is 12.8. The molecule has 7 unspecified atom stereocenters. The molecule has 9 heteroatoms. The van der Waals surface area contributed by atoms with Gasteiger partial charge in [-0.05, 0) is 64.2 Å². The number of ether oxygens (including phenoxy) is 2. The first-order valence-electron chi connectivity index (χ1n) is 18.7. The minimum Gasteiger partial charge on any atom is -0.394 e. The summed E-state index contributed by atoms with van der Waals surface area (Å²) >= 11 is 0. The molecule has 0 spiro atoms. The Morgan fingerprint density at radius 1 is 0.714 bits per heavy atom. The molecule has 1 amide bonds. The van der Waals surface area contributed by atoms with E-state index >= 15 is 0 Å². The average molecular weight is 690 g/mol. The van der Waals surface area contributed by atoms with Crippen LogP contribution in [0.1, 0.15) is 117 Å². The third-order valence-corrected chi connectivity index (χ3v) is 8.25. The number of amides is 1. The first-order chi connectivity index (χ1) is 23.8. The van der Waals surface area contributed by atoms with Crippen LogP contribution >= 0.6 is 0 Å². The zero-order valence-corrected chi connectivity index (χ0v) is 30.2. The molecule has 1 aliphatic heterocycles. The minimum atomic E-state index is -1.57. The summed E-state index contributed by atoms with van der Waals surface area (Å²) in [5.41, 5.74) is 0. The molecule has 0 aromatic carbocycles. The quantitative estimate of drug-likeness (QED) is 0.0416. The van der Waals surface area contributed by atoms with E-state index in [1.54, 1.807) is 6.08 Å². The monoisotopic (exact) mass is 689 g/mol.